The maximum Gasteiger partial charge on any atom is 0.416 e. The Morgan fingerprint density at radius 1 is 0.968 bits per heavy atom. The van der Waals surface area contributed by atoms with Crippen LogP contribution in [0.25, 0.3) is 21.2 Å². The minimum absolute atomic E-state index is 0.109. The van der Waals surface area contributed by atoms with Crippen molar-refractivity contribution in [3.05, 3.63) is 78.0 Å². The first-order valence-electron chi connectivity index (χ1n) is 9.72. The lowest BCUT2D eigenvalue weighted by atomic mass is 9.97. The Labute approximate surface area is 180 Å². The highest BCUT2D eigenvalue weighted by atomic mass is 32.1. The molecule has 2 aromatic carbocycles. The number of anilines is 1. The molecule has 0 saturated heterocycles. The lowest BCUT2D eigenvalue weighted by Crippen LogP contribution is -2.07. The van der Waals surface area contributed by atoms with Gasteiger partial charge < -0.3 is 5.32 Å². The van der Waals surface area contributed by atoms with Gasteiger partial charge in [0.05, 0.1) is 10.4 Å². The van der Waals surface area contributed by atoms with Crippen molar-refractivity contribution in [3.8, 4) is 10.4 Å². The number of nitrogens with one attached hydrogen (secondary N) is 1. The maximum atomic E-state index is 13.4. The molecule has 0 aliphatic rings. The Bertz CT molecular complexity index is 1190. The van der Waals surface area contributed by atoms with Crippen LogP contribution in [0.3, 0.4) is 0 Å². The molecule has 0 saturated carbocycles. The molecule has 0 bridgehead atoms. The van der Waals surface area contributed by atoms with Gasteiger partial charge in [-0.2, -0.15) is 17.6 Å². The van der Waals surface area contributed by atoms with Gasteiger partial charge in [0.15, 0.2) is 5.13 Å². The van der Waals surface area contributed by atoms with Gasteiger partial charge in [0.1, 0.15) is 0 Å². The van der Waals surface area contributed by atoms with E-state index in [4.69, 9.17) is 0 Å². The van der Waals surface area contributed by atoms with Crippen molar-refractivity contribution in [2.75, 3.05) is 11.9 Å². The Hall–Kier alpha value is -3.00. The van der Waals surface area contributed by atoms with Crippen LogP contribution in [-0.2, 0) is 6.18 Å². The second-order valence-electron chi connectivity index (χ2n) is 7.33. The fourth-order valence-corrected chi connectivity index (χ4v) is 4.16. The van der Waals surface area contributed by atoms with E-state index in [1.54, 1.807) is 6.20 Å². The molecule has 0 spiro atoms. The molecule has 0 aliphatic carbocycles. The van der Waals surface area contributed by atoms with Crippen molar-refractivity contribution >= 4 is 27.2 Å². The summed E-state index contributed by atoms with van der Waals surface area (Å²) >= 11 is 1.49. The zero-order chi connectivity index (χ0) is 22.0. The van der Waals surface area contributed by atoms with E-state index in [1.165, 1.54) is 35.7 Å². The van der Waals surface area contributed by atoms with Gasteiger partial charge in [-0.15, -0.1) is 0 Å². The van der Waals surface area contributed by atoms with E-state index in [0.29, 0.717) is 6.54 Å². The van der Waals surface area contributed by atoms with Crippen LogP contribution in [0.1, 0.15) is 30.4 Å². The summed E-state index contributed by atoms with van der Waals surface area (Å²) in [7, 11) is 0. The van der Waals surface area contributed by atoms with Crippen molar-refractivity contribution in [2.24, 2.45) is 0 Å². The standard InChI is InChI=1S/C23H19F4N3S/c1-14(15-4-6-19(7-5-15)23(25,26)27)8-9-28-22-30-13-20(31-22)16-2-3-17-12-29-21(24)11-18(17)10-16/h2-7,10-14H,8-9H2,1H3,(H,28,30)/t14-/m1/s1. The molecule has 4 rings (SSSR count). The van der Waals surface area contributed by atoms with E-state index in [0.717, 1.165) is 50.5 Å². The second-order valence-corrected chi connectivity index (χ2v) is 8.37. The van der Waals surface area contributed by atoms with Crippen LogP contribution in [0, 0.1) is 5.95 Å². The number of halogens is 4. The molecule has 1 atom stereocenters. The molecule has 0 radical (unpaired) electrons. The normalized spacial score (nSPS) is 12.8. The van der Waals surface area contributed by atoms with Crippen LogP contribution in [0.15, 0.2) is 60.9 Å². The van der Waals surface area contributed by atoms with Crippen LogP contribution in [-0.4, -0.2) is 16.5 Å². The molecule has 0 unspecified atom stereocenters. The molecular formula is C23H19F4N3S. The zero-order valence-electron chi connectivity index (χ0n) is 16.6. The lowest BCUT2D eigenvalue weighted by molar-refractivity contribution is -0.137. The monoisotopic (exact) mass is 445 g/mol. The summed E-state index contributed by atoms with van der Waals surface area (Å²) in [6, 6.07) is 12.5. The summed E-state index contributed by atoms with van der Waals surface area (Å²) in [6.45, 7) is 2.63. The average molecular weight is 445 g/mol. The van der Waals surface area contributed by atoms with Gasteiger partial charge in [-0.25, -0.2) is 9.97 Å². The number of benzene rings is 2. The summed E-state index contributed by atoms with van der Waals surface area (Å²) in [5.74, 6) is -0.406. The number of aromatic nitrogens is 2. The average Bonchev–Trinajstić information content (AvgIpc) is 3.21. The molecule has 160 valence electrons. The van der Waals surface area contributed by atoms with Crippen molar-refractivity contribution in [2.45, 2.75) is 25.4 Å². The van der Waals surface area contributed by atoms with Crippen molar-refractivity contribution in [1.82, 2.24) is 9.97 Å². The van der Waals surface area contributed by atoms with Gasteiger partial charge in [-0.3, -0.25) is 0 Å². The third kappa shape index (κ3) is 5.02. The first-order valence-corrected chi connectivity index (χ1v) is 10.5. The number of nitrogens with zero attached hydrogens (tertiary/aromatic N) is 2. The van der Waals surface area contributed by atoms with E-state index in [-0.39, 0.29) is 5.92 Å². The molecule has 8 heteroatoms. The summed E-state index contributed by atoms with van der Waals surface area (Å²) in [6.07, 6.45) is -0.290. The third-order valence-corrected chi connectivity index (χ3v) is 6.14. The van der Waals surface area contributed by atoms with Crippen LogP contribution in [0.4, 0.5) is 22.7 Å². The minimum atomic E-state index is -4.32. The van der Waals surface area contributed by atoms with Crippen molar-refractivity contribution < 1.29 is 17.6 Å². The molecule has 0 amide bonds. The molecule has 0 fully saturated rings. The lowest BCUT2D eigenvalue weighted by Gasteiger charge is -2.13. The fraction of sp³-hybridized carbons (Fsp3) is 0.217. The number of pyridine rings is 1. The molecule has 4 aromatic rings. The summed E-state index contributed by atoms with van der Waals surface area (Å²) in [5, 5.41) is 5.68. The number of thiazole rings is 1. The van der Waals surface area contributed by atoms with Gasteiger partial charge >= 0.3 is 6.18 Å². The third-order valence-electron chi connectivity index (χ3n) is 5.14. The highest BCUT2D eigenvalue weighted by Crippen LogP contribution is 2.32. The van der Waals surface area contributed by atoms with E-state index in [9.17, 15) is 17.6 Å². The van der Waals surface area contributed by atoms with E-state index >= 15 is 0 Å². The Morgan fingerprint density at radius 3 is 2.48 bits per heavy atom. The highest BCUT2D eigenvalue weighted by molar-refractivity contribution is 7.18. The Morgan fingerprint density at radius 2 is 1.74 bits per heavy atom. The summed E-state index contributed by atoms with van der Waals surface area (Å²) in [4.78, 5) is 9.01. The van der Waals surface area contributed by atoms with E-state index in [1.807, 2.05) is 25.1 Å². The van der Waals surface area contributed by atoms with Crippen LogP contribution >= 0.6 is 11.3 Å². The summed E-state index contributed by atoms with van der Waals surface area (Å²) < 4.78 is 51.5. The Kier molecular flexibility index (Phi) is 5.91. The van der Waals surface area contributed by atoms with Crippen LogP contribution < -0.4 is 5.32 Å². The van der Waals surface area contributed by atoms with Crippen LogP contribution in [0.5, 0.6) is 0 Å². The quantitative estimate of drug-likeness (QED) is 0.254. The maximum absolute atomic E-state index is 13.4. The van der Waals surface area contributed by atoms with Gasteiger partial charge in [0, 0.05) is 30.4 Å². The van der Waals surface area contributed by atoms with E-state index < -0.39 is 17.7 Å². The van der Waals surface area contributed by atoms with Gasteiger partial charge in [-0.1, -0.05) is 42.5 Å². The molecule has 2 aromatic heterocycles. The second kappa shape index (κ2) is 8.63. The number of alkyl halides is 3. The molecule has 2 heterocycles. The Balaban J connectivity index is 1.36. The van der Waals surface area contributed by atoms with Gasteiger partial charge in [0.25, 0.3) is 0 Å². The van der Waals surface area contributed by atoms with Gasteiger partial charge in [-0.05, 0) is 47.1 Å². The molecule has 3 nitrogen and oxygen atoms in total. The molecule has 31 heavy (non-hydrogen) atoms. The summed E-state index contributed by atoms with van der Waals surface area (Å²) in [5.41, 5.74) is 1.18. The first-order chi connectivity index (χ1) is 14.8. The van der Waals surface area contributed by atoms with Gasteiger partial charge in [0.2, 0.25) is 5.95 Å². The molecule has 0 aliphatic heterocycles. The highest BCUT2D eigenvalue weighted by Gasteiger charge is 2.30. The van der Waals surface area contributed by atoms with Crippen molar-refractivity contribution in [3.63, 3.8) is 0 Å². The minimum Gasteiger partial charge on any atom is -0.361 e. The number of rotatable bonds is 6. The number of fused-ring (bicyclic) bond motifs is 1. The number of hydrogen-bond donors (Lipinski definition) is 1. The first kappa shape index (κ1) is 21.2. The van der Waals surface area contributed by atoms with Crippen molar-refractivity contribution in [1.29, 1.82) is 0 Å². The zero-order valence-corrected chi connectivity index (χ0v) is 17.4. The molecule has 1 N–H and O–H groups in total. The predicted molar refractivity (Wildman–Crippen MR) is 116 cm³/mol. The van der Waals surface area contributed by atoms with Crippen LogP contribution in [0.2, 0.25) is 0 Å². The SMILES string of the molecule is C[C@H](CCNc1ncc(-c2ccc3cnc(F)cc3c2)s1)c1ccc(C(F)(F)F)cc1. The number of hydrogen-bond acceptors (Lipinski definition) is 4. The molecular weight excluding hydrogens is 426 g/mol. The van der Waals surface area contributed by atoms with E-state index in [2.05, 4.69) is 15.3 Å². The largest absolute Gasteiger partial charge is 0.416 e. The fourth-order valence-electron chi connectivity index (χ4n) is 3.32. The topological polar surface area (TPSA) is 37.8 Å². The predicted octanol–water partition coefficient (Wildman–Crippen LogP) is 7.12. The smallest absolute Gasteiger partial charge is 0.361 e.